The average molecular weight is 369 g/mol. The second-order valence-corrected chi connectivity index (χ2v) is 6.15. The third kappa shape index (κ3) is 4.34. The van der Waals surface area contributed by atoms with Crippen LogP contribution >= 0.6 is 11.6 Å². The van der Waals surface area contributed by atoms with Gasteiger partial charge in [0.15, 0.2) is 5.82 Å². The highest BCUT2D eigenvalue weighted by molar-refractivity contribution is 6.30. The van der Waals surface area contributed by atoms with E-state index in [0.717, 1.165) is 11.3 Å². The molecule has 0 bridgehead atoms. The molecule has 0 aliphatic carbocycles. The summed E-state index contributed by atoms with van der Waals surface area (Å²) in [6.45, 7) is 2.34. The minimum absolute atomic E-state index is 0.144. The molecular formula is C19H17ClN4O2. The Balaban J connectivity index is 1.69. The van der Waals surface area contributed by atoms with E-state index in [1.165, 1.54) is 22.9 Å². The molecule has 132 valence electrons. The molecule has 2 heterocycles. The number of hydrogen-bond acceptors (Lipinski definition) is 4. The van der Waals surface area contributed by atoms with Crippen molar-refractivity contribution in [2.45, 2.75) is 19.9 Å². The summed E-state index contributed by atoms with van der Waals surface area (Å²) in [6.07, 6.45) is 2.13. The SMILES string of the molecule is CCn1cc(C(=O)Nc2ccc(Cc3cccc(Cl)c3)nn2)ccc1=O. The van der Waals surface area contributed by atoms with Crippen molar-refractivity contribution in [1.82, 2.24) is 14.8 Å². The lowest BCUT2D eigenvalue weighted by molar-refractivity contribution is 0.102. The molecule has 0 fully saturated rings. The fourth-order valence-electron chi connectivity index (χ4n) is 2.48. The number of nitrogens with one attached hydrogen (secondary N) is 1. The van der Waals surface area contributed by atoms with Gasteiger partial charge < -0.3 is 9.88 Å². The lowest BCUT2D eigenvalue weighted by Gasteiger charge is -2.07. The number of aryl methyl sites for hydroxylation is 1. The molecule has 0 aliphatic heterocycles. The molecule has 26 heavy (non-hydrogen) atoms. The first-order valence-corrected chi connectivity index (χ1v) is 8.52. The Labute approximate surface area is 155 Å². The number of carbonyl (C=O) groups is 1. The van der Waals surface area contributed by atoms with Crippen LogP contribution in [0.4, 0.5) is 5.82 Å². The van der Waals surface area contributed by atoms with Crippen LogP contribution in [0, 0.1) is 0 Å². The van der Waals surface area contributed by atoms with Gasteiger partial charge in [-0.1, -0.05) is 23.7 Å². The highest BCUT2D eigenvalue weighted by Crippen LogP contribution is 2.14. The van der Waals surface area contributed by atoms with E-state index >= 15 is 0 Å². The van der Waals surface area contributed by atoms with Crippen molar-refractivity contribution in [2.24, 2.45) is 0 Å². The molecule has 1 N–H and O–H groups in total. The number of nitrogens with zero attached hydrogens (tertiary/aromatic N) is 3. The number of aromatic nitrogens is 3. The predicted octanol–water partition coefficient (Wildman–Crippen LogP) is 3.15. The zero-order chi connectivity index (χ0) is 18.5. The van der Waals surface area contributed by atoms with Gasteiger partial charge in [-0.25, -0.2) is 0 Å². The molecule has 0 saturated carbocycles. The Morgan fingerprint density at radius 1 is 1.15 bits per heavy atom. The van der Waals surface area contributed by atoms with E-state index in [4.69, 9.17) is 11.6 Å². The van der Waals surface area contributed by atoms with Crippen molar-refractivity contribution >= 4 is 23.3 Å². The maximum absolute atomic E-state index is 12.3. The Morgan fingerprint density at radius 2 is 2.00 bits per heavy atom. The van der Waals surface area contributed by atoms with Crippen molar-refractivity contribution in [3.8, 4) is 0 Å². The number of hydrogen-bond donors (Lipinski definition) is 1. The Hall–Kier alpha value is -2.99. The second-order valence-electron chi connectivity index (χ2n) is 5.71. The molecule has 1 aromatic carbocycles. The van der Waals surface area contributed by atoms with Crippen LogP contribution in [0.3, 0.4) is 0 Å². The molecule has 6 nitrogen and oxygen atoms in total. The molecule has 1 amide bonds. The van der Waals surface area contributed by atoms with E-state index < -0.39 is 0 Å². The first-order chi connectivity index (χ1) is 12.5. The average Bonchev–Trinajstić information content (AvgIpc) is 2.64. The smallest absolute Gasteiger partial charge is 0.258 e. The third-order valence-electron chi connectivity index (χ3n) is 3.82. The zero-order valence-electron chi connectivity index (χ0n) is 14.1. The van der Waals surface area contributed by atoms with E-state index in [0.29, 0.717) is 29.4 Å². The molecule has 3 rings (SSSR count). The van der Waals surface area contributed by atoms with Gasteiger partial charge in [0.2, 0.25) is 0 Å². The quantitative estimate of drug-likeness (QED) is 0.750. The molecule has 0 radical (unpaired) electrons. The van der Waals surface area contributed by atoms with Crippen molar-refractivity contribution in [2.75, 3.05) is 5.32 Å². The van der Waals surface area contributed by atoms with Gasteiger partial charge in [0.1, 0.15) is 0 Å². The van der Waals surface area contributed by atoms with Gasteiger partial charge in [0, 0.05) is 30.3 Å². The van der Waals surface area contributed by atoms with Crippen LogP contribution in [0.5, 0.6) is 0 Å². The van der Waals surface area contributed by atoms with Crippen LogP contribution in [0.15, 0.2) is 59.5 Å². The number of halogens is 1. The summed E-state index contributed by atoms with van der Waals surface area (Å²) in [5.74, 6) is 0.00295. The standard InChI is InChI=1S/C19H17ClN4O2/c1-2-24-12-14(6-9-18(24)25)19(26)21-17-8-7-16(22-23-17)11-13-4-3-5-15(20)10-13/h3-10,12H,2,11H2,1H3,(H,21,23,26). The number of benzene rings is 1. The molecule has 0 atom stereocenters. The molecule has 3 aromatic rings. The lowest BCUT2D eigenvalue weighted by atomic mass is 10.1. The Bertz CT molecular complexity index is 983. The molecule has 0 aliphatic rings. The van der Waals surface area contributed by atoms with E-state index in [1.807, 2.05) is 31.2 Å². The van der Waals surface area contributed by atoms with Crippen LogP contribution in [0.2, 0.25) is 5.02 Å². The lowest BCUT2D eigenvalue weighted by Crippen LogP contribution is -2.21. The fourth-order valence-corrected chi connectivity index (χ4v) is 2.69. The van der Waals surface area contributed by atoms with Crippen molar-refractivity contribution in [1.29, 1.82) is 0 Å². The van der Waals surface area contributed by atoms with Gasteiger partial charge in [-0.15, -0.1) is 5.10 Å². The number of amides is 1. The molecule has 2 aromatic heterocycles. The number of anilines is 1. The van der Waals surface area contributed by atoms with E-state index in [-0.39, 0.29) is 11.5 Å². The van der Waals surface area contributed by atoms with Gasteiger partial charge >= 0.3 is 0 Å². The highest BCUT2D eigenvalue weighted by atomic mass is 35.5. The normalized spacial score (nSPS) is 10.5. The Morgan fingerprint density at radius 3 is 2.69 bits per heavy atom. The summed E-state index contributed by atoms with van der Waals surface area (Å²) < 4.78 is 1.47. The predicted molar refractivity (Wildman–Crippen MR) is 101 cm³/mol. The minimum Gasteiger partial charge on any atom is -0.315 e. The van der Waals surface area contributed by atoms with E-state index in [2.05, 4.69) is 15.5 Å². The Kier molecular flexibility index (Phi) is 5.43. The van der Waals surface area contributed by atoms with Crippen LogP contribution < -0.4 is 10.9 Å². The van der Waals surface area contributed by atoms with Gasteiger partial charge in [0.05, 0.1) is 11.3 Å². The number of rotatable bonds is 5. The topological polar surface area (TPSA) is 76.9 Å². The van der Waals surface area contributed by atoms with Crippen molar-refractivity contribution < 1.29 is 4.79 Å². The first kappa shape index (κ1) is 17.8. The largest absolute Gasteiger partial charge is 0.315 e. The van der Waals surface area contributed by atoms with Gasteiger partial charge in [-0.3, -0.25) is 9.59 Å². The van der Waals surface area contributed by atoms with Crippen LogP contribution in [-0.4, -0.2) is 20.7 Å². The summed E-state index contributed by atoms with van der Waals surface area (Å²) >= 11 is 5.98. The third-order valence-corrected chi connectivity index (χ3v) is 4.06. The number of carbonyl (C=O) groups excluding carboxylic acids is 1. The maximum atomic E-state index is 12.3. The summed E-state index contributed by atoms with van der Waals surface area (Å²) in [7, 11) is 0. The fraction of sp³-hybridized carbons (Fsp3) is 0.158. The summed E-state index contributed by atoms with van der Waals surface area (Å²) in [4.78, 5) is 23.9. The van der Waals surface area contributed by atoms with Crippen LogP contribution in [0.25, 0.3) is 0 Å². The second kappa shape index (κ2) is 7.93. The molecule has 0 spiro atoms. The number of pyridine rings is 1. The van der Waals surface area contributed by atoms with E-state index in [9.17, 15) is 9.59 Å². The molecule has 7 heteroatoms. The zero-order valence-corrected chi connectivity index (χ0v) is 14.9. The van der Waals surface area contributed by atoms with Gasteiger partial charge in [-0.2, -0.15) is 5.10 Å². The highest BCUT2D eigenvalue weighted by Gasteiger charge is 2.09. The monoisotopic (exact) mass is 368 g/mol. The van der Waals surface area contributed by atoms with Crippen LogP contribution in [0.1, 0.15) is 28.5 Å². The molecule has 0 unspecified atom stereocenters. The minimum atomic E-state index is -0.343. The van der Waals surface area contributed by atoms with E-state index in [1.54, 1.807) is 12.1 Å². The van der Waals surface area contributed by atoms with Crippen molar-refractivity contribution in [3.05, 3.63) is 86.9 Å². The summed E-state index contributed by atoms with van der Waals surface area (Å²) in [5.41, 5.74) is 2.04. The van der Waals surface area contributed by atoms with Gasteiger partial charge in [0.25, 0.3) is 11.5 Å². The summed E-state index contributed by atoms with van der Waals surface area (Å²) in [5, 5.41) is 11.5. The summed E-state index contributed by atoms with van der Waals surface area (Å²) in [6, 6.07) is 13.9. The first-order valence-electron chi connectivity index (χ1n) is 8.14. The van der Waals surface area contributed by atoms with Gasteiger partial charge in [-0.05, 0) is 42.8 Å². The van der Waals surface area contributed by atoms with Crippen molar-refractivity contribution in [3.63, 3.8) is 0 Å². The van der Waals surface area contributed by atoms with Crippen LogP contribution in [-0.2, 0) is 13.0 Å². The molecular weight excluding hydrogens is 352 g/mol. The molecule has 0 saturated heterocycles. The maximum Gasteiger partial charge on any atom is 0.258 e.